The van der Waals surface area contributed by atoms with Gasteiger partial charge in [0, 0.05) is 23.5 Å². The average Bonchev–Trinajstić information content (AvgIpc) is 2.95. The Bertz CT molecular complexity index is 925. The summed E-state index contributed by atoms with van der Waals surface area (Å²) < 4.78 is 1.75. The Morgan fingerprint density at radius 3 is 2.78 bits per heavy atom. The number of H-pyrrole nitrogens is 1. The first-order valence-electron chi connectivity index (χ1n) is 9.35. The Labute approximate surface area is 161 Å². The number of aliphatic imine (C=N–C) groups is 1. The summed E-state index contributed by atoms with van der Waals surface area (Å²) in [4.78, 5) is 19.9. The molecule has 0 radical (unpaired) electrons. The van der Waals surface area contributed by atoms with Gasteiger partial charge < -0.3 is 10.7 Å². The minimum Gasteiger partial charge on any atom is -0.326 e. The summed E-state index contributed by atoms with van der Waals surface area (Å²) in [6.07, 6.45) is 10.8. The lowest BCUT2D eigenvalue weighted by Gasteiger charge is -2.12. The quantitative estimate of drug-likeness (QED) is 0.529. The molecule has 1 aromatic heterocycles. The van der Waals surface area contributed by atoms with E-state index in [-0.39, 0.29) is 5.69 Å². The van der Waals surface area contributed by atoms with E-state index in [1.807, 2.05) is 18.2 Å². The standard InChI is InChI=1S/C22H28N4O/c1-5-8-16(4)24-14-20-21(9-6-2)26(22(27)25-20)15-19-12-17(7-3)10-11-18(19)13-23/h3,10-12,14H,4-6,8-9,13,15,23H2,1-2H3,(H,25,27). The van der Waals surface area contributed by atoms with E-state index < -0.39 is 0 Å². The number of nitrogens with zero attached hydrogens (tertiary/aromatic N) is 2. The number of nitrogens with two attached hydrogens (primary N) is 1. The van der Waals surface area contributed by atoms with Crippen LogP contribution < -0.4 is 11.4 Å². The molecule has 0 spiro atoms. The van der Waals surface area contributed by atoms with E-state index in [0.29, 0.717) is 13.1 Å². The van der Waals surface area contributed by atoms with Crippen molar-refractivity contribution < 1.29 is 0 Å². The highest BCUT2D eigenvalue weighted by Gasteiger charge is 2.14. The van der Waals surface area contributed by atoms with Gasteiger partial charge in [0.25, 0.3) is 0 Å². The van der Waals surface area contributed by atoms with Gasteiger partial charge in [0.15, 0.2) is 0 Å². The molecule has 0 aliphatic rings. The maximum Gasteiger partial charge on any atom is 0.326 e. The summed E-state index contributed by atoms with van der Waals surface area (Å²) in [6, 6.07) is 5.73. The molecule has 2 aromatic rings. The van der Waals surface area contributed by atoms with Crippen LogP contribution in [0.2, 0.25) is 0 Å². The van der Waals surface area contributed by atoms with Crippen LogP contribution in [0.25, 0.3) is 0 Å². The summed E-state index contributed by atoms with van der Waals surface area (Å²) in [6.45, 7) is 8.94. The third-order valence-corrected chi connectivity index (χ3v) is 4.45. The Kier molecular flexibility index (Phi) is 7.39. The van der Waals surface area contributed by atoms with Crippen LogP contribution in [0.4, 0.5) is 0 Å². The molecular formula is C22H28N4O. The van der Waals surface area contributed by atoms with E-state index in [9.17, 15) is 4.79 Å². The molecular weight excluding hydrogens is 336 g/mol. The van der Waals surface area contributed by atoms with Gasteiger partial charge in [-0.25, -0.2) is 4.79 Å². The topological polar surface area (TPSA) is 76.2 Å². The van der Waals surface area contributed by atoms with Gasteiger partial charge in [0.1, 0.15) is 0 Å². The van der Waals surface area contributed by atoms with Crippen LogP contribution in [-0.4, -0.2) is 15.8 Å². The molecule has 142 valence electrons. The average molecular weight is 364 g/mol. The Morgan fingerprint density at radius 2 is 2.15 bits per heavy atom. The summed E-state index contributed by atoms with van der Waals surface area (Å²) in [7, 11) is 0. The van der Waals surface area contributed by atoms with Crippen LogP contribution in [0.1, 0.15) is 61.2 Å². The summed E-state index contributed by atoms with van der Waals surface area (Å²) in [5, 5.41) is 0. The number of hydrogen-bond acceptors (Lipinski definition) is 3. The maximum absolute atomic E-state index is 12.6. The zero-order valence-electron chi connectivity index (χ0n) is 16.2. The van der Waals surface area contributed by atoms with E-state index in [4.69, 9.17) is 12.2 Å². The van der Waals surface area contributed by atoms with Gasteiger partial charge in [-0.1, -0.05) is 45.3 Å². The van der Waals surface area contributed by atoms with Crippen molar-refractivity contribution >= 4 is 6.21 Å². The fraction of sp³-hybridized carbons (Fsp3) is 0.364. The van der Waals surface area contributed by atoms with E-state index >= 15 is 0 Å². The first-order chi connectivity index (χ1) is 13.0. The van der Waals surface area contributed by atoms with Crippen LogP contribution in [0, 0.1) is 12.3 Å². The van der Waals surface area contributed by atoms with Crippen LogP contribution in [0.3, 0.4) is 0 Å². The molecule has 2 rings (SSSR count). The van der Waals surface area contributed by atoms with Gasteiger partial charge in [-0.2, -0.15) is 0 Å². The van der Waals surface area contributed by atoms with Gasteiger partial charge >= 0.3 is 5.69 Å². The monoisotopic (exact) mass is 364 g/mol. The number of nitrogens with one attached hydrogen (secondary N) is 1. The molecule has 3 N–H and O–H groups in total. The predicted octanol–water partition coefficient (Wildman–Crippen LogP) is 3.35. The van der Waals surface area contributed by atoms with Crippen molar-refractivity contribution in [2.24, 2.45) is 10.7 Å². The second-order valence-electron chi connectivity index (χ2n) is 6.53. The summed E-state index contributed by atoms with van der Waals surface area (Å²) >= 11 is 0. The molecule has 0 bridgehead atoms. The molecule has 0 amide bonds. The molecule has 5 nitrogen and oxygen atoms in total. The van der Waals surface area contributed by atoms with Crippen molar-refractivity contribution in [1.29, 1.82) is 0 Å². The smallest absolute Gasteiger partial charge is 0.326 e. The minimum atomic E-state index is -0.157. The zero-order valence-corrected chi connectivity index (χ0v) is 16.2. The number of rotatable bonds is 9. The van der Waals surface area contributed by atoms with Crippen LogP contribution in [0.15, 0.2) is 40.3 Å². The highest BCUT2D eigenvalue weighted by Crippen LogP contribution is 2.15. The number of hydrogen-bond donors (Lipinski definition) is 2. The molecule has 5 heteroatoms. The lowest BCUT2D eigenvalue weighted by molar-refractivity contribution is 0.694. The molecule has 1 aromatic carbocycles. The normalized spacial score (nSPS) is 11.0. The number of benzene rings is 1. The Hall–Kier alpha value is -2.84. The molecule has 1 heterocycles. The van der Waals surface area contributed by atoms with Crippen LogP contribution in [-0.2, 0) is 19.5 Å². The van der Waals surface area contributed by atoms with Crippen LogP contribution >= 0.6 is 0 Å². The maximum atomic E-state index is 12.6. The van der Waals surface area contributed by atoms with E-state index in [2.05, 4.69) is 36.3 Å². The third kappa shape index (κ3) is 5.08. The lowest BCUT2D eigenvalue weighted by Crippen LogP contribution is -2.21. The van der Waals surface area contributed by atoms with Crippen molar-refractivity contribution in [2.75, 3.05) is 0 Å². The van der Waals surface area contributed by atoms with Crippen molar-refractivity contribution in [3.8, 4) is 12.3 Å². The summed E-state index contributed by atoms with van der Waals surface area (Å²) in [5.74, 6) is 2.64. The number of terminal acetylenes is 1. The Balaban J connectivity index is 2.44. The Morgan fingerprint density at radius 1 is 1.37 bits per heavy atom. The molecule has 0 unspecified atom stereocenters. The van der Waals surface area contributed by atoms with Crippen molar-refractivity contribution in [3.63, 3.8) is 0 Å². The fourth-order valence-electron chi connectivity index (χ4n) is 3.04. The third-order valence-electron chi connectivity index (χ3n) is 4.45. The van der Waals surface area contributed by atoms with Gasteiger partial charge in [-0.3, -0.25) is 9.56 Å². The van der Waals surface area contributed by atoms with Crippen molar-refractivity contribution in [3.05, 3.63) is 69.0 Å². The fourth-order valence-corrected chi connectivity index (χ4v) is 3.04. The molecule has 0 saturated carbocycles. The number of aromatic amines is 1. The second-order valence-corrected chi connectivity index (χ2v) is 6.53. The molecule has 0 fully saturated rings. The first kappa shape index (κ1) is 20.5. The number of aromatic nitrogens is 2. The van der Waals surface area contributed by atoms with E-state index in [1.165, 1.54) is 0 Å². The number of imidazole rings is 1. The largest absolute Gasteiger partial charge is 0.326 e. The van der Waals surface area contributed by atoms with Crippen LogP contribution in [0.5, 0.6) is 0 Å². The molecule has 0 aliphatic heterocycles. The minimum absolute atomic E-state index is 0.157. The molecule has 0 atom stereocenters. The molecule has 0 saturated heterocycles. The molecule has 27 heavy (non-hydrogen) atoms. The van der Waals surface area contributed by atoms with E-state index in [0.717, 1.165) is 59.5 Å². The molecule has 0 aliphatic carbocycles. The lowest BCUT2D eigenvalue weighted by atomic mass is 10.0. The van der Waals surface area contributed by atoms with Gasteiger partial charge in [0.05, 0.1) is 18.5 Å². The highest BCUT2D eigenvalue weighted by atomic mass is 16.1. The van der Waals surface area contributed by atoms with Gasteiger partial charge in [-0.05, 0) is 36.1 Å². The van der Waals surface area contributed by atoms with Gasteiger partial charge in [-0.15, -0.1) is 6.42 Å². The second kappa shape index (κ2) is 9.75. The highest BCUT2D eigenvalue weighted by molar-refractivity contribution is 5.79. The summed E-state index contributed by atoms with van der Waals surface area (Å²) in [5.41, 5.74) is 10.9. The zero-order chi connectivity index (χ0) is 19.8. The van der Waals surface area contributed by atoms with E-state index in [1.54, 1.807) is 10.8 Å². The predicted molar refractivity (Wildman–Crippen MR) is 112 cm³/mol. The SMILES string of the molecule is C#Cc1ccc(CN)c(Cn2c(CCC)c(C=NC(=C)CCC)[nH]c2=O)c1. The number of allylic oxidation sites excluding steroid dienone is 1. The van der Waals surface area contributed by atoms with Crippen molar-refractivity contribution in [2.45, 2.75) is 52.6 Å². The van der Waals surface area contributed by atoms with Crippen molar-refractivity contribution in [1.82, 2.24) is 9.55 Å². The van der Waals surface area contributed by atoms with Gasteiger partial charge in [0.2, 0.25) is 0 Å². The first-order valence-corrected chi connectivity index (χ1v) is 9.35.